The molecule has 7 heteroatoms. The van der Waals surface area contributed by atoms with Crippen molar-refractivity contribution in [2.75, 3.05) is 38.6 Å². The number of hydrogen-bond donors (Lipinski definition) is 1. The average Bonchev–Trinajstić information content (AvgIpc) is 2.39. The quantitative estimate of drug-likeness (QED) is 0.819. The largest absolute Gasteiger partial charge is 0.347 e. The molecule has 0 aliphatic carbocycles. The van der Waals surface area contributed by atoms with E-state index in [4.69, 9.17) is 11.6 Å². The fraction of sp³-hybridized carbons (Fsp3) is 0.545. The van der Waals surface area contributed by atoms with Crippen LogP contribution in [0.15, 0.2) is 12.4 Å². The molecule has 1 atom stereocenters. The van der Waals surface area contributed by atoms with Crippen LogP contribution in [0, 0.1) is 0 Å². The molecule has 18 heavy (non-hydrogen) atoms. The van der Waals surface area contributed by atoms with Crippen LogP contribution in [-0.2, 0) is 4.79 Å². The molecule has 6 nitrogen and oxygen atoms in total. The molecule has 98 valence electrons. The standard InChI is InChI=1S/C11H16ClN5O/c1-16(2)10(18)9-7-13-3-4-17(9)11-14-5-8(12)6-15-11/h5-6,9,13H,3-4,7H2,1-2H3. The number of carbonyl (C=O) groups is 1. The van der Waals surface area contributed by atoms with Crippen LogP contribution in [0.1, 0.15) is 0 Å². The molecule has 1 aromatic heterocycles. The maximum atomic E-state index is 12.1. The van der Waals surface area contributed by atoms with Gasteiger partial charge in [0.15, 0.2) is 0 Å². The number of anilines is 1. The van der Waals surface area contributed by atoms with E-state index in [-0.39, 0.29) is 11.9 Å². The van der Waals surface area contributed by atoms with Gasteiger partial charge < -0.3 is 15.1 Å². The third-order valence-electron chi connectivity index (χ3n) is 2.83. The Morgan fingerprint density at radius 2 is 2.17 bits per heavy atom. The van der Waals surface area contributed by atoms with Crippen LogP contribution in [0.3, 0.4) is 0 Å². The molecule has 1 unspecified atom stereocenters. The minimum Gasteiger partial charge on any atom is -0.347 e. The number of halogens is 1. The first-order valence-corrected chi connectivity index (χ1v) is 6.13. The van der Waals surface area contributed by atoms with Crippen molar-refractivity contribution in [1.82, 2.24) is 20.2 Å². The number of nitrogens with zero attached hydrogens (tertiary/aromatic N) is 4. The van der Waals surface area contributed by atoms with Crippen molar-refractivity contribution in [1.29, 1.82) is 0 Å². The molecule has 0 spiro atoms. The fourth-order valence-electron chi connectivity index (χ4n) is 1.92. The van der Waals surface area contributed by atoms with Gasteiger partial charge in [-0.15, -0.1) is 0 Å². The fourth-order valence-corrected chi connectivity index (χ4v) is 2.01. The number of hydrogen-bond acceptors (Lipinski definition) is 5. The van der Waals surface area contributed by atoms with Gasteiger partial charge in [-0.25, -0.2) is 9.97 Å². The van der Waals surface area contributed by atoms with Gasteiger partial charge in [0.25, 0.3) is 0 Å². The highest BCUT2D eigenvalue weighted by Gasteiger charge is 2.31. The van der Waals surface area contributed by atoms with Crippen LogP contribution in [0.5, 0.6) is 0 Å². The van der Waals surface area contributed by atoms with Gasteiger partial charge in [-0.2, -0.15) is 0 Å². The maximum Gasteiger partial charge on any atom is 0.246 e. The number of carbonyl (C=O) groups excluding carboxylic acids is 1. The Hall–Kier alpha value is -1.40. The number of aromatic nitrogens is 2. The Bertz CT molecular complexity index is 422. The second kappa shape index (κ2) is 5.49. The Kier molecular flexibility index (Phi) is 3.98. The summed E-state index contributed by atoms with van der Waals surface area (Å²) in [6, 6.07) is -0.269. The summed E-state index contributed by atoms with van der Waals surface area (Å²) < 4.78 is 0. The van der Waals surface area contributed by atoms with Crippen molar-refractivity contribution < 1.29 is 4.79 Å². The summed E-state index contributed by atoms with van der Waals surface area (Å²) in [5.74, 6) is 0.585. The third-order valence-corrected chi connectivity index (χ3v) is 3.03. The molecule has 1 saturated heterocycles. The van der Waals surface area contributed by atoms with Gasteiger partial charge in [-0.3, -0.25) is 4.79 Å². The first-order chi connectivity index (χ1) is 8.59. The first-order valence-electron chi connectivity index (χ1n) is 5.75. The van der Waals surface area contributed by atoms with Crippen LogP contribution in [0.2, 0.25) is 5.02 Å². The topological polar surface area (TPSA) is 61.4 Å². The van der Waals surface area contributed by atoms with E-state index in [1.165, 1.54) is 0 Å². The Morgan fingerprint density at radius 3 is 2.78 bits per heavy atom. The molecule has 0 saturated carbocycles. The van der Waals surface area contributed by atoms with E-state index >= 15 is 0 Å². The molecular weight excluding hydrogens is 254 g/mol. The zero-order chi connectivity index (χ0) is 13.1. The summed E-state index contributed by atoms with van der Waals surface area (Å²) in [5, 5.41) is 3.70. The van der Waals surface area contributed by atoms with E-state index in [0.29, 0.717) is 24.1 Å². The third kappa shape index (κ3) is 2.70. The summed E-state index contributed by atoms with van der Waals surface area (Å²) in [4.78, 5) is 24.0. The lowest BCUT2D eigenvalue weighted by Gasteiger charge is -2.36. The predicted molar refractivity (Wildman–Crippen MR) is 69.7 cm³/mol. The molecule has 1 aliphatic rings. The minimum absolute atomic E-state index is 0.0424. The zero-order valence-electron chi connectivity index (χ0n) is 10.4. The van der Waals surface area contributed by atoms with Crippen LogP contribution in [0.25, 0.3) is 0 Å². The van der Waals surface area contributed by atoms with Crippen LogP contribution < -0.4 is 10.2 Å². The Balaban J connectivity index is 2.22. The molecule has 1 amide bonds. The van der Waals surface area contributed by atoms with Crippen LogP contribution in [0.4, 0.5) is 5.95 Å². The van der Waals surface area contributed by atoms with Crippen LogP contribution in [-0.4, -0.2) is 60.5 Å². The highest BCUT2D eigenvalue weighted by Crippen LogP contribution is 2.15. The predicted octanol–water partition coefficient (Wildman–Crippen LogP) is -0.00360. The number of piperazine rings is 1. The molecule has 1 aromatic rings. The van der Waals surface area contributed by atoms with Crippen molar-refractivity contribution in [3.8, 4) is 0 Å². The highest BCUT2D eigenvalue weighted by molar-refractivity contribution is 6.30. The Labute approximate surface area is 111 Å². The van der Waals surface area contributed by atoms with E-state index in [1.807, 2.05) is 4.90 Å². The van der Waals surface area contributed by atoms with Gasteiger partial charge in [0.2, 0.25) is 11.9 Å². The lowest BCUT2D eigenvalue weighted by molar-refractivity contribution is -0.130. The normalized spacial score (nSPS) is 19.7. The molecule has 0 aromatic carbocycles. The Morgan fingerprint density at radius 1 is 1.50 bits per heavy atom. The second-order valence-corrected chi connectivity index (χ2v) is 4.78. The lowest BCUT2D eigenvalue weighted by Crippen LogP contribution is -2.58. The van der Waals surface area contributed by atoms with Crippen molar-refractivity contribution >= 4 is 23.5 Å². The maximum absolute atomic E-state index is 12.1. The monoisotopic (exact) mass is 269 g/mol. The molecular formula is C11H16ClN5O. The van der Waals surface area contributed by atoms with Crippen molar-refractivity contribution in [3.05, 3.63) is 17.4 Å². The van der Waals surface area contributed by atoms with E-state index in [1.54, 1.807) is 31.4 Å². The smallest absolute Gasteiger partial charge is 0.246 e. The van der Waals surface area contributed by atoms with Gasteiger partial charge in [-0.05, 0) is 0 Å². The number of likely N-dealkylation sites (N-methyl/N-ethyl adjacent to an activating group) is 1. The van der Waals surface area contributed by atoms with Gasteiger partial charge in [0.05, 0.1) is 17.4 Å². The second-order valence-electron chi connectivity index (χ2n) is 4.35. The van der Waals surface area contributed by atoms with Crippen LogP contribution >= 0.6 is 11.6 Å². The highest BCUT2D eigenvalue weighted by atomic mass is 35.5. The van der Waals surface area contributed by atoms with E-state index in [0.717, 1.165) is 6.54 Å². The van der Waals surface area contributed by atoms with Gasteiger partial charge >= 0.3 is 0 Å². The molecule has 2 heterocycles. The van der Waals surface area contributed by atoms with E-state index in [2.05, 4.69) is 15.3 Å². The van der Waals surface area contributed by atoms with Crippen molar-refractivity contribution in [2.45, 2.75) is 6.04 Å². The molecule has 1 aliphatic heterocycles. The number of nitrogens with one attached hydrogen (secondary N) is 1. The summed E-state index contributed by atoms with van der Waals surface area (Å²) in [6.45, 7) is 2.11. The first kappa shape index (κ1) is 13.0. The van der Waals surface area contributed by atoms with Gasteiger partial charge in [0.1, 0.15) is 6.04 Å². The molecule has 1 fully saturated rings. The molecule has 0 bridgehead atoms. The van der Waals surface area contributed by atoms with Gasteiger partial charge in [-0.1, -0.05) is 11.6 Å². The summed E-state index contributed by atoms with van der Waals surface area (Å²) >= 11 is 5.77. The summed E-state index contributed by atoms with van der Waals surface area (Å²) in [7, 11) is 3.50. The lowest BCUT2D eigenvalue weighted by atomic mass is 10.2. The minimum atomic E-state index is -0.269. The average molecular weight is 270 g/mol. The zero-order valence-corrected chi connectivity index (χ0v) is 11.2. The van der Waals surface area contributed by atoms with Crippen molar-refractivity contribution in [2.24, 2.45) is 0 Å². The molecule has 2 rings (SSSR count). The SMILES string of the molecule is CN(C)C(=O)C1CNCCN1c1ncc(Cl)cn1. The van der Waals surface area contributed by atoms with Crippen molar-refractivity contribution in [3.63, 3.8) is 0 Å². The summed E-state index contributed by atoms with van der Waals surface area (Å²) in [6.07, 6.45) is 3.09. The number of amides is 1. The van der Waals surface area contributed by atoms with Gasteiger partial charge in [0, 0.05) is 33.7 Å². The summed E-state index contributed by atoms with van der Waals surface area (Å²) in [5.41, 5.74) is 0. The van der Waals surface area contributed by atoms with E-state index < -0.39 is 0 Å². The van der Waals surface area contributed by atoms with E-state index in [9.17, 15) is 4.79 Å². The number of rotatable bonds is 2. The molecule has 0 radical (unpaired) electrons. The molecule has 1 N–H and O–H groups in total.